The van der Waals surface area contributed by atoms with E-state index in [-0.39, 0.29) is 12.6 Å². The zero-order valence-corrected chi connectivity index (χ0v) is 6.49. The van der Waals surface area contributed by atoms with Crippen molar-refractivity contribution in [2.75, 3.05) is 0 Å². The molecule has 0 unspecified atom stereocenters. The molecule has 0 spiro atoms. The molecule has 5 heteroatoms. The van der Waals surface area contributed by atoms with Gasteiger partial charge in [-0.1, -0.05) is 12.2 Å². The number of Topliss-reactive ketones (excluding diaryl/α,β-unsaturated/α-hetero) is 1. The highest BCUT2D eigenvalue weighted by atomic mass is 16.4. The number of carboxylic acids is 1. The summed E-state index contributed by atoms with van der Waals surface area (Å²) in [5.74, 6) is -2.19. The summed E-state index contributed by atoms with van der Waals surface area (Å²) >= 11 is 0. The molecule has 5 nitrogen and oxygen atoms in total. The quantitative estimate of drug-likeness (QED) is 0.479. The number of hydrogen-bond acceptors (Lipinski definition) is 4. The van der Waals surface area contributed by atoms with Crippen molar-refractivity contribution >= 4 is 17.9 Å². The van der Waals surface area contributed by atoms with Crippen molar-refractivity contribution < 1.29 is 24.3 Å². The summed E-state index contributed by atoms with van der Waals surface area (Å²) in [5.41, 5.74) is 0.572. The van der Waals surface area contributed by atoms with E-state index in [1.165, 1.54) is 0 Å². The molecule has 0 radical (unpaired) electrons. The number of ketones is 1. The lowest BCUT2D eigenvalue weighted by Gasteiger charge is -1.90. The second-order valence-corrected chi connectivity index (χ2v) is 1.95. The topological polar surface area (TPSA) is 88.5 Å². The Morgan fingerprint density at radius 2 is 1.75 bits per heavy atom. The standard InChI is InChI=1S/C6H8O3.CO2/c1-4(2)3-5(7)6(8)9;2-1-3/h1,3H2,2H3,(H,8,9);. The first kappa shape index (κ1) is 12.9. The molecule has 0 saturated heterocycles. The lowest BCUT2D eigenvalue weighted by molar-refractivity contribution is -0.191. The maximum absolute atomic E-state index is 10.3. The Hall–Kier alpha value is -1.74. The van der Waals surface area contributed by atoms with Crippen molar-refractivity contribution in [1.29, 1.82) is 0 Å². The normalized spacial score (nSPS) is 7.08. The number of rotatable bonds is 3. The minimum absolute atomic E-state index is 0.0602. The molecule has 0 atom stereocenters. The molecule has 1 N–H and O–H groups in total. The summed E-state index contributed by atoms with van der Waals surface area (Å²) < 4.78 is 0. The monoisotopic (exact) mass is 172 g/mol. The van der Waals surface area contributed by atoms with Gasteiger partial charge in [0, 0.05) is 6.42 Å². The summed E-state index contributed by atoms with van der Waals surface area (Å²) in [4.78, 5) is 36.4. The first-order valence-electron chi connectivity index (χ1n) is 2.85. The molecule has 0 bridgehead atoms. The zero-order valence-electron chi connectivity index (χ0n) is 6.49. The Morgan fingerprint density at radius 3 is 1.83 bits per heavy atom. The van der Waals surface area contributed by atoms with Gasteiger partial charge in [-0.2, -0.15) is 9.59 Å². The molecule has 0 heterocycles. The molecule has 0 aliphatic rings. The van der Waals surface area contributed by atoms with Gasteiger partial charge in [0.25, 0.3) is 0 Å². The van der Waals surface area contributed by atoms with Gasteiger partial charge in [0.05, 0.1) is 0 Å². The number of carbonyl (C=O) groups excluding carboxylic acids is 3. The Labute approximate surface area is 68.7 Å². The number of hydrogen-bond donors (Lipinski definition) is 1. The van der Waals surface area contributed by atoms with Crippen LogP contribution in [0.15, 0.2) is 12.2 Å². The molecule has 0 amide bonds. The van der Waals surface area contributed by atoms with Gasteiger partial charge in [0.15, 0.2) is 0 Å². The van der Waals surface area contributed by atoms with E-state index in [2.05, 4.69) is 6.58 Å². The molecule has 0 aromatic carbocycles. The van der Waals surface area contributed by atoms with Gasteiger partial charge >= 0.3 is 12.1 Å². The van der Waals surface area contributed by atoms with Crippen LogP contribution in [0.5, 0.6) is 0 Å². The van der Waals surface area contributed by atoms with Crippen molar-refractivity contribution in [3.05, 3.63) is 12.2 Å². The van der Waals surface area contributed by atoms with Crippen LogP contribution >= 0.6 is 0 Å². The Bertz CT molecular complexity index is 222. The van der Waals surface area contributed by atoms with E-state index in [1.807, 2.05) is 0 Å². The minimum Gasteiger partial charge on any atom is -0.475 e. The first-order valence-corrected chi connectivity index (χ1v) is 2.85. The van der Waals surface area contributed by atoms with E-state index < -0.39 is 11.8 Å². The molecule has 0 aromatic rings. The van der Waals surface area contributed by atoms with Crippen LogP contribution in [-0.4, -0.2) is 23.0 Å². The summed E-state index contributed by atoms with van der Waals surface area (Å²) in [5, 5.41) is 8.04. The first-order chi connectivity index (χ1) is 5.45. The highest BCUT2D eigenvalue weighted by Crippen LogP contribution is 1.95. The molecule has 0 rings (SSSR count). The number of carboxylic acid groups (broad SMARTS) is 1. The average molecular weight is 172 g/mol. The van der Waals surface area contributed by atoms with E-state index >= 15 is 0 Å². The van der Waals surface area contributed by atoms with Crippen molar-refractivity contribution in [1.82, 2.24) is 0 Å². The third-order valence-electron chi connectivity index (χ3n) is 0.701. The lowest BCUT2D eigenvalue weighted by Crippen LogP contribution is -2.11. The fourth-order valence-electron chi connectivity index (χ4n) is 0.350. The summed E-state index contributed by atoms with van der Waals surface area (Å²) in [6.07, 6.45) is 0.190. The smallest absolute Gasteiger partial charge is 0.373 e. The molecular weight excluding hydrogens is 164 g/mol. The van der Waals surface area contributed by atoms with Crippen molar-refractivity contribution in [3.8, 4) is 0 Å². The maximum atomic E-state index is 10.3. The van der Waals surface area contributed by atoms with Crippen LogP contribution in [0.2, 0.25) is 0 Å². The Kier molecular flexibility index (Phi) is 7.92. The number of aliphatic carboxylic acids is 1. The average Bonchev–Trinajstić information content (AvgIpc) is 1.87. The number of carbonyl (C=O) groups is 2. The summed E-state index contributed by atoms with van der Waals surface area (Å²) in [7, 11) is 0. The van der Waals surface area contributed by atoms with Crippen molar-refractivity contribution in [2.45, 2.75) is 13.3 Å². The molecule has 12 heavy (non-hydrogen) atoms. The zero-order chi connectivity index (χ0) is 10.1. The molecule has 0 saturated carbocycles. The van der Waals surface area contributed by atoms with E-state index in [0.29, 0.717) is 5.57 Å². The van der Waals surface area contributed by atoms with E-state index in [9.17, 15) is 9.59 Å². The van der Waals surface area contributed by atoms with Gasteiger partial charge < -0.3 is 5.11 Å². The molecule has 0 aromatic heterocycles. The molecular formula is C7H8O5. The Morgan fingerprint density at radius 1 is 1.42 bits per heavy atom. The van der Waals surface area contributed by atoms with Crippen LogP contribution in [0.4, 0.5) is 0 Å². The number of allylic oxidation sites excluding steroid dienone is 1. The van der Waals surface area contributed by atoms with Crippen molar-refractivity contribution in [2.24, 2.45) is 0 Å². The highest BCUT2D eigenvalue weighted by Gasteiger charge is 2.09. The van der Waals surface area contributed by atoms with Gasteiger partial charge in [0.2, 0.25) is 5.78 Å². The van der Waals surface area contributed by atoms with Gasteiger partial charge in [-0.05, 0) is 6.92 Å². The van der Waals surface area contributed by atoms with Crippen LogP contribution in [0.25, 0.3) is 0 Å². The second kappa shape index (κ2) is 7.37. The largest absolute Gasteiger partial charge is 0.475 e. The Balaban J connectivity index is 0. The predicted octanol–water partition coefficient (Wildman–Crippen LogP) is 0.0228. The van der Waals surface area contributed by atoms with Crippen LogP contribution in [0.3, 0.4) is 0 Å². The fraction of sp³-hybridized carbons (Fsp3) is 0.286. The lowest BCUT2D eigenvalue weighted by atomic mass is 10.2. The van der Waals surface area contributed by atoms with Crippen LogP contribution < -0.4 is 0 Å². The summed E-state index contributed by atoms with van der Waals surface area (Å²) in [6, 6.07) is 0. The predicted molar refractivity (Wildman–Crippen MR) is 37.1 cm³/mol. The minimum atomic E-state index is -1.39. The third-order valence-corrected chi connectivity index (χ3v) is 0.701. The van der Waals surface area contributed by atoms with E-state index in [1.54, 1.807) is 6.92 Å². The maximum Gasteiger partial charge on any atom is 0.373 e. The molecule has 0 aliphatic carbocycles. The molecule has 0 aliphatic heterocycles. The third kappa shape index (κ3) is 11.1. The van der Waals surface area contributed by atoms with E-state index in [0.717, 1.165) is 0 Å². The van der Waals surface area contributed by atoms with Gasteiger partial charge in [-0.15, -0.1) is 0 Å². The summed E-state index contributed by atoms with van der Waals surface area (Å²) in [6.45, 7) is 5.01. The van der Waals surface area contributed by atoms with Crippen LogP contribution in [0, 0.1) is 0 Å². The fourth-order valence-corrected chi connectivity index (χ4v) is 0.350. The van der Waals surface area contributed by atoms with Gasteiger partial charge in [0.1, 0.15) is 0 Å². The second-order valence-electron chi connectivity index (χ2n) is 1.95. The van der Waals surface area contributed by atoms with Gasteiger partial charge in [-0.25, -0.2) is 4.79 Å². The van der Waals surface area contributed by atoms with Crippen LogP contribution in [0.1, 0.15) is 13.3 Å². The van der Waals surface area contributed by atoms with Gasteiger partial charge in [-0.3, -0.25) is 4.79 Å². The molecule has 0 fully saturated rings. The van der Waals surface area contributed by atoms with Crippen LogP contribution in [-0.2, 0) is 19.2 Å². The highest BCUT2D eigenvalue weighted by molar-refractivity contribution is 6.33. The van der Waals surface area contributed by atoms with Crippen molar-refractivity contribution in [3.63, 3.8) is 0 Å². The SMILES string of the molecule is C=C(C)CC(=O)C(=O)O.O=C=O. The molecule has 66 valence electrons. The van der Waals surface area contributed by atoms with E-state index in [4.69, 9.17) is 14.7 Å².